The van der Waals surface area contributed by atoms with Crippen LogP contribution < -0.4 is 10.5 Å². The van der Waals surface area contributed by atoms with Gasteiger partial charge in [-0.05, 0) is 56.0 Å². The van der Waals surface area contributed by atoms with E-state index in [-0.39, 0.29) is 0 Å². The Balaban J connectivity index is 1.95. The van der Waals surface area contributed by atoms with Crippen molar-refractivity contribution in [3.05, 3.63) is 28.8 Å². The third-order valence-electron chi connectivity index (χ3n) is 3.57. The lowest BCUT2D eigenvalue weighted by Crippen LogP contribution is -2.17. The molecule has 2 nitrogen and oxygen atoms in total. The standard InChI is InChI=1S/C14H20ClNO/c1-2-11-9-12(3-4-13(11)15)17-10-14(5-6-14)7-8-16/h3-4,9H,2,5-8,10,16H2,1H3. The summed E-state index contributed by atoms with van der Waals surface area (Å²) < 4.78 is 5.87. The third-order valence-corrected chi connectivity index (χ3v) is 3.94. The van der Waals surface area contributed by atoms with Gasteiger partial charge in [-0.1, -0.05) is 18.5 Å². The highest BCUT2D eigenvalue weighted by Crippen LogP contribution is 2.48. The molecule has 1 saturated carbocycles. The molecular formula is C14H20ClNO. The molecule has 0 bridgehead atoms. The number of ether oxygens (including phenoxy) is 1. The molecule has 1 aliphatic rings. The lowest BCUT2D eigenvalue weighted by Gasteiger charge is -2.15. The normalized spacial score (nSPS) is 16.9. The van der Waals surface area contributed by atoms with Gasteiger partial charge in [0.2, 0.25) is 0 Å². The molecule has 1 aromatic carbocycles. The summed E-state index contributed by atoms with van der Waals surface area (Å²) >= 11 is 6.08. The summed E-state index contributed by atoms with van der Waals surface area (Å²) in [6.45, 7) is 3.64. The van der Waals surface area contributed by atoms with Gasteiger partial charge in [0.05, 0.1) is 6.61 Å². The van der Waals surface area contributed by atoms with Crippen molar-refractivity contribution in [2.75, 3.05) is 13.2 Å². The molecule has 0 radical (unpaired) electrons. The Labute approximate surface area is 108 Å². The van der Waals surface area contributed by atoms with Crippen LogP contribution in [0.4, 0.5) is 0 Å². The van der Waals surface area contributed by atoms with Crippen LogP contribution in [0.2, 0.25) is 5.02 Å². The number of halogens is 1. The zero-order valence-corrected chi connectivity index (χ0v) is 11.1. The number of aryl methyl sites for hydroxylation is 1. The van der Waals surface area contributed by atoms with E-state index in [0.717, 1.165) is 42.3 Å². The Morgan fingerprint density at radius 2 is 2.18 bits per heavy atom. The van der Waals surface area contributed by atoms with E-state index in [0.29, 0.717) is 5.41 Å². The monoisotopic (exact) mass is 253 g/mol. The number of hydrogen-bond acceptors (Lipinski definition) is 2. The molecule has 17 heavy (non-hydrogen) atoms. The summed E-state index contributed by atoms with van der Waals surface area (Å²) in [4.78, 5) is 0. The Bertz CT molecular complexity index is 388. The van der Waals surface area contributed by atoms with Gasteiger partial charge in [0.25, 0.3) is 0 Å². The zero-order valence-electron chi connectivity index (χ0n) is 10.3. The Morgan fingerprint density at radius 3 is 2.76 bits per heavy atom. The number of hydrogen-bond donors (Lipinski definition) is 1. The van der Waals surface area contributed by atoms with Gasteiger partial charge < -0.3 is 10.5 Å². The molecule has 0 unspecified atom stereocenters. The van der Waals surface area contributed by atoms with E-state index in [9.17, 15) is 0 Å². The summed E-state index contributed by atoms with van der Waals surface area (Å²) in [5, 5.41) is 0.822. The van der Waals surface area contributed by atoms with Crippen molar-refractivity contribution in [2.45, 2.75) is 32.6 Å². The molecule has 0 amide bonds. The average Bonchev–Trinajstić information content (AvgIpc) is 3.09. The lowest BCUT2D eigenvalue weighted by molar-refractivity contribution is 0.227. The van der Waals surface area contributed by atoms with E-state index in [1.807, 2.05) is 18.2 Å². The average molecular weight is 254 g/mol. The first-order chi connectivity index (χ1) is 8.19. The second-order valence-corrected chi connectivity index (χ2v) is 5.34. The minimum absolute atomic E-state index is 0.362. The van der Waals surface area contributed by atoms with Crippen LogP contribution in [0.1, 0.15) is 31.7 Å². The largest absolute Gasteiger partial charge is 0.493 e. The smallest absolute Gasteiger partial charge is 0.119 e. The van der Waals surface area contributed by atoms with E-state index in [1.54, 1.807) is 0 Å². The highest BCUT2D eigenvalue weighted by Gasteiger charge is 2.42. The predicted octanol–water partition coefficient (Wildman–Crippen LogP) is 3.41. The molecule has 94 valence electrons. The Hall–Kier alpha value is -0.730. The van der Waals surface area contributed by atoms with Crippen molar-refractivity contribution in [3.8, 4) is 5.75 Å². The van der Waals surface area contributed by atoms with Crippen LogP contribution >= 0.6 is 11.6 Å². The minimum Gasteiger partial charge on any atom is -0.493 e. The predicted molar refractivity (Wildman–Crippen MR) is 71.7 cm³/mol. The van der Waals surface area contributed by atoms with Gasteiger partial charge in [-0.3, -0.25) is 0 Å². The molecular weight excluding hydrogens is 234 g/mol. The molecule has 2 rings (SSSR count). The van der Waals surface area contributed by atoms with Gasteiger partial charge in [-0.15, -0.1) is 0 Å². The fraction of sp³-hybridized carbons (Fsp3) is 0.571. The molecule has 0 heterocycles. The molecule has 0 saturated heterocycles. The van der Waals surface area contributed by atoms with E-state index < -0.39 is 0 Å². The lowest BCUT2D eigenvalue weighted by atomic mass is 10.0. The number of nitrogens with two attached hydrogens (primary N) is 1. The van der Waals surface area contributed by atoms with Gasteiger partial charge in [0.1, 0.15) is 5.75 Å². The van der Waals surface area contributed by atoms with E-state index in [4.69, 9.17) is 22.1 Å². The van der Waals surface area contributed by atoms with Crippen LogP contribution in [0.5, 0.6) is 5.75 Å². The highest BCUT2D eigenvalue weighted by molar-refractivity contribution is 6.31. The maximum atomic E-state index is 6.08. The molecule has 0 atom stereocenters. The molecule has 0 aliphatic heterocycles. The highest BCUT2D eigenvalue weighted by atomic mass is 35.5. The summed E-state index contributed by atoms with van der Waals surface area (Å²) in [5.74, 6) is 0.926. The molecule has 0 spiro atoms. The summed E-state index contributed by atoms with van der Waals surface area (Å²) in [6.07, 6.45) is 4.50. The van der Waals surface area contributed by atoms with E-state index >= 15 is 0 Å². The quantitative estimate of drug-likeness (QED) is 0.843. The molecule has 1 fully saturated rings. The fourth-order valence-electron chi connectivity index (χ4n) is 2.10. The number of rotatable bonds is 6. The van der Waals surface area contributed by atoms with Crippen molar-refractivity contribution in [2.24, 2.45) is 11.1 Å². The van der Waals surface area contributed by atoms with Crippen LogP contribution in [0.3, 0.4) is 0 Å². The SMILES string of the molecule is CCc1cc(OCC2(CCN)CC2)ccc1Cl. The third kappa shape index (κ3) is 3.14. The first kappa shape index (κ1) is 12.7. The van der Waals surface area contributed by atoms with E-state index in [2.05, 4.69) is 6.92 Å². The van der Waals surface area contributed by atoms with Gasteiger partial charge in [-0.25, -0.2) is 0 Å². The van der Waals surface area contributed by atoms with Gasteiger partial charge in [0, 0.05) is 10.4 Å². The first-order valence-electron chi connectivity index (χ1n) is 6.30. The van der Waals surface area contributed by atoms with Crippen LogP contribution in [-0.4, -0.2) is 13.2 Å². The molecule has 0 aromatic heterocycles. The molecule has 1 aromatic rings. The van der Waals surface area contributed by atoms with Crippen LogP contribution in [-0.2, 0) is 6.42 Å². The maximum Gasteiger partial charge on any atom is 0.119 e. The van der Waals surface area contributed by atoms with Gasteiger partial charge in [0.15, 0.2) is 0 Å². The van der Waals surface area contributed by atoms with Crippen molar-refractivity contribution in [3.63, 3.8) is 0 Å². The van der Waals surface area contributed by atoms with Crippen molar-refractivity contribution in [1.82, 2.24) is 0 Å². The topological polar surface area (TPSA) is 35.2 Å². The Morgan fingerprint density at radius 1 is 1.41 bits per heavy atom. The number of benzene rings is 1. The molecule has 2 N–H and O–H groups in total. The Kier molecular flexibility index (Phi) is 3.95. The summed E-state index contributed by atoms with van der Waals surface area (Å²) in [6, 6.07) is 5.90. The van der Waals surface area contributed by atoms with Crippen LogP contribution in [0.15, 0.2) is 18.2 Å². The van der Waals surface area contributed by atoms with Crippen LogP contribution in [0, 0.1) is 5.41 Å². The summed E-state index contributed by atoms with van der Waals surface area (Å²) in [7, 11) is 0. The maximum absolute atomic E-state index is 6.08. The van der Waals surface area contributed by atoms with E-state index in [1.165, 1.54) is 12.8 Å². The van der Waals surface area contributed by atoms with Crippen LogP contribution in [0.25, 0.3) is 0 Å². The summed E-state index contributed by atoms with van der Waals surface area (Å²) in [5.41, 5.74) is 7.12. The second kappa shape index (κ2) is 5.28. The van der Waals surface area contributed by atoms with Crippen molar-refractivity contribution < 1.29 is 4.74 Å². The fourth-order valence-corrected chi connectivity index (χ4v) is 2.35. The van der Waals surface area contributed by atoms with Gasteiger partial charge in [-0.2, -0.15) is 0 Å². The first-order valence-corrected chi connectivity index (χ1v) is 6.68. The molecule has 1 aliphatic carbocycles. The van der Waals surface area contributed by atoms with Crippen molar-refractivity contribution >= 4 is 11.6 Å². The zero-order chi connectivity index (χ0) is 12.3. The second-order valence-electron chi connectivity index (χ2n) is 4.93. The van der Waals surface area contributed by atoms with Gasteiger partial charge >= 0.3 is 0 Å². The van der Waals surface area contributed by atoms with Crippen molar-refractivity contribution in [1.29, 1.82) is 0 Å². The minimum atomic E-state index is 0.362. The molecule has 3 heteroatoms.